The summed E-state index contributed by atoms with van der Waals surface area (Å²) < 4.78 is 7.04. The molecule has 0 aliphatic rings. The normalized spacial score (nSPS) is 11.1. The Balaban J connectivity index is 1.76. The molecule has 0 unspecified atom stereocenters. The van der Waals surface area contributed by atoms with Crippen molar-refractivity contribution < 1.29 is 19.1 Å². The molecule has 0 fully saturated rings. The Bertz CT molecular complexity index is 901. The van der Waals surface area contributed by atoms with E-state index >= 15 is 0 Å². The minimum absolute atomic E-state index is 0.113. The van der Waals surface area contributed by atoms with Crippen LogP contribution in [-0.4, -0.2) is 11.1 Å². The number of nitrogens with zero attached hydrogens (tertiary/aromatic N) is 2. The van der Waals surface area contributed by atoms with Crippen LogP contribution in [0.1, 0.15) is 15.9 Å². The molecule has 3 aromatic rings. The van der Waals surface area contributed by atoms with Crippen molar-refractivity contribution in [2.45, 2.75) is 0 Å². The third-order valence-corrected chi connectivity index (χ3v) is 4.44. The van der Waals surface area contributed by atoms with Crippen LogP contribution in [0.2, 0.25) is 0 Å². The van der Waals surface area contributed by atoms with Gasteiger partial charge in [-0.05, 0) is 40.6 Å². The summed E-state index contributed by atoms with van der Waals surface area (Å²) in [5.41, 5.74) is 2.09. The standard InChI is InChI=1S/C17H10Br2N2O3/c18-13-6-1-11(2-7-13)3-10-15(22)12-4-8-14(9-5-12)21-16(19)17(23)24-20-21/h1-10H/b10-3+. The second-order valence-electron chi connectivity index (χ2n) is 4.86. The van der Waals surface area contributed by atoms with Crippen molar-refractivity contribution in [1.29, 1.82) is 0 Å². The number of hydrogen-bond donors (Lipinski definition) is 0. The summed E-state index contributed by atoms with van der Waals surface area (Å²) in [6.07, 6.45) is 3.28. The Kier molecular flexibility index (Phi) is 4.92. The fourth-order valence-corrected chi connectivity index (χ4v) is 2.61. The molecule has 1 aromatic heterocycles. The largest absolute Gasteiger partial charge is 0.538 e. The van der Waals surface area contributed by atoms with Gasteiger partial charge in [0, 0.05) is 38.1 Å². The van der Waals surface area contributed by atoms with Crippen LogP contribution in [0.4, 0.5) is 0 Å². The molecule has 2 aromatic carbocycles. The van der Waals surface area contributed by atoms with Crippen LogP contribution >= 0.6 is 31.9 Å². The summed E-state index contributed by atoms with van der Waals surface area (Å²) in [6.45, 7) is 0. The van der Waals surface area contributed by atoms with Crippen LogP contribution in [0.3, 0.4) is 0 Å². The number of carbonyl (C=O) groups excluding carboxylic acids is 1. The topological polar surface area (TPSA) is 70.0 Å². The average Bonchev–Trinajstić information content (AvgIpc) is 2.93. The average molecular weight is 450 g/mol. The maximum Gasteiger partial charge on any atom is 0.305 e. The Morgan fingerprint density at radius 1 is 1.08 bits per heavy atom. The Morgan fingerprint density at radius 3 is 2.33 bits per heavy atom. The van der Waals surface area contributed by atoms with E-state index in [2.05, 4.69) is 41.7 Å². The van der Waals surface area contributed by atoms with Crippen LogP contribution in [0.15, 0.2) is 68.2 Å². The van der Waals surface area contributed by atoms with Gasteiger partial charge in [-0.15, -0.1) is 0 Å². The molecule has 1 heterocycles. The van der Waals surface area contributed by atoms with E-state index in [1.165, 1.54) is 10.8 Å². The van der Waals surface area contributed by atoms with Gasteiger partial charge in [-0.1, -0.05) is 34.1 Å². The van der Waals surface area contributed by atoms with Gasteiger partial charge in [-0.25, -0.2) is 0 Å². The van der Waals surface area contributed by atoms with Gasteiger partial charge in [-0.3, -0.25) is 4.79 Å². The van der Waals surface area contributed by atoms with Gasteiger partial charge in [0.25, 0.3) is 0 Å². The maximum absolute atomic E-state index is 12.2. The van der Waals surface area contributed by atoms with E-state index in [0.29, 0.717) is 11.3 Å². The summed E-state index contributed by atoms with van der Waals surface area (Å²) in [4.78, 5) is 12.2. The molecule has 7 heteroatoms. The Hall–Kier alpha value is -2.25. The monoisotopic (exact) mass is 448 g/mol. The van der Waals surface area contributed by atoms with E-state index in [-0.39, 0.29) is 10.4 Å². The summed E-state index contributed by atoms with van der Waals surface area (Å²) in [5, 5.41) is 14.9. The summed E-state index contributed by atoms with van der Waals surface area (Å²) in [7, 11) is 0. The molecule has 0 radical (unpaired) electrons. The molecule has 120 valence electrons. The molecule has 0 bridgehead atoms. The number of halogens is 2. The van der Waals surface area contributed by atoms with Gasteiger partial charge < -0.3 is 9.63 Å². The van der Waals surface area contributed by atoms with Crippen molar-refractivity contribution >= 4 is 43.7 Å². The second-order valence-corrected chi connectivity index (χ2v) is 6.53. The molecule has 0 saturated carbocycles. The zero-order valence-electron chi connectivity index (χ0n) is 12.1. The molecule has 0 aliphatic heterocycles. The predicted octanol–water partition coefficient (Wildman–Crippen LogP) is 3.45. The molecule has 5 nitrogen and oxygen atoms in total. The zero-order valence-corrected chi connectivity index (χ0v) is 15.3. The first-order valence-corrected chi connectivity index (χ1v) is 8.46. The Labute approximate surface area is 154 Å². The van der Waals surface area contributed by atoms with Crippen molar-refractivity contribution in [3.8, 4) is 11.6 Å². The van der Waals surface area contributed by atoms with Crippen molar-refractivity contribution in [1.82, 2.24) is 5.27 Å². The minimum atomic E-state index is -0.562. The quantitative estimate of drug-likeness (QED) is 0.347. The molecule has 0 atom stereocenters. The van der Waals surface area contributed by atoms with Crippen molar-refractivity contribution in [3.63, 3.8) is 0 Å². The van der Waals surface area contributed by atoms with Gasteiger partial charge in [0.1, 0.15) is 0 Å². The molecule has 3 rings (SSSR count). The van der Waals surface area contributed by atoms with Gasteiger partial charge in [0.15, 0.2) is 11.7 Å². The highest BCUT2D eigenvalue weighted by atomic mass is 79.9. The number of rotatable bonds is 4. The van der Waals surface area contributed by atoms with Crippen LogP contribution in [0.5, 0.6) is 5.95 Å². The molecule has 0 spiro atoms. The number of benzene rings is 2. The zero-order chi connectivity index (χ0) is 17.1. The highest BCUT2D eigenvalue weighted by molar-refractivity contribution is 9.10. The number of allylic oxidation sites excluding steroid dienone is 1. The molecule has 0 amide bonds. The van der Waals surface area contributed by atoms with Crippen LogP contribution in [-0.2, 0) is 0 Å². The van der Waals surface area contributed by atoms with E-state index < -0.39 is 5.95 Å². The molecule has 0 aliphatic carbocycles. The maximum atomic E-state index is 12.2. The lowest BCUT2D eigenvalue weighted by molar-refractivity contribution is -0.680. The molecule has 0 N–H and O–H groups in total. The van der Waals surface area contributed by atoms with Gasteiger partial charge in [0.2, 0.25) is 5.69 Å². The first-order chi connectivity index (χ1) is 11.5. The minimum Gasteiger partial charge on any atom is -0.538 e. The number of carbonyl (C=O) groups is 1. The second kappa shape index (κ2) is 7.11. The number of ketones is 1. The van der Waals surface area contributed by atoms with E-state index in [1.807, 2.05) is 24.3 Å². The van der Waals surface area contributed by atoms with Gasteiger partial charge in [-0.2, -0.15) is 0 Å². The smallest absolute Gasteiger partial charge is 0.305 e. The Morgan fingerprint density at radius 2 is 1.75 bits per heavy atom. The van der Waals surface area contributed by atoms with E-state index in [9.17, 15) is 9.90 Å². The highest BCUT2D eigenvalue weighted by Crippen LogP contribution is 2.17. The van der Waals surface area contributed by atoms with Gasteiger partial charge >= 0.3 is 4.60 Å². The lowest BCUT2D eigenvalue weighted by atomic mass is 10.1. The lowest BCUT2D eigenvalue weighted by Crippen LogP contribution is -2.33. The third-order valence-electron chi connectivity index (χ3n) is 3.25. The predicted molar refractivity (Wildman–Crippen MR) is 92.7 cm³/mol. The van der Waals surface area contributed by atoms with Crippen molar-refractivity contribution in [3.05, 3.63) is 74.8 Å². The summed E-state index contributed by atoms with van der Waals surface area (Å²) >= 11 is 6.47. The van der Waals surface area contributed by atoms with Crippen molar-refractivity contribution in [2.24, 2.45) is 0 Å². The third kappa shape index (κ3) is 3.63. The fraction of sp³-hybridized carbons (Fsp3) is 0. The van der Waals surface area contributed by atoms with Gasteiger partial charge in [0.05, 0.1) is 5.27 Å². The van der Waals surface area contributed by atoms with Crippen LogP contribution in [0.25, 0.3) is 11.8 Å². The SMILES string of the molecule is O=C(/C=C/c1ccc(Br)cc1)c1ccc(-[n+]2noc([O-])c2Br)cc1. The van der Waals surface area contributed by atoms with E-state index in [1.54, 1.807) is 30.3 Å². The molecular formula is C17H10Br2N2O3. The first kappa shape index (κ1) is 16.6. The number of hydrogen-bond acceptors (Lipinski definition) is 4. The van der Waals surface area contributed by atoms with E-state index in [4.69, 9.17) is 0 Å². The molecule has 24 heavy (non-hydrogen) atoms. The first-order valence-electron chi connectivity index (χ1n) is 6.87. The summed E-state index contributed by atoms with van der Waals surface area (Å²) in [5.74, 6) is -0.675. The van der Waals surface area contributed by atoms with E-state index in [0.717, 1.165) is 10.0 Å². The molecule has 0 saturated heterocycles. The lowest BCUT2D eigenvalue weighted by Gasteiger charge is -1.97. The highest BCUT2D eigenvalue weighted by Gasteiger charge is 2.17. The fourth-order valence-electron chi connectivity index (χ4n) is 2.01. The van der Waals surface area contributed by atoms with Crippen molar-refractivity contribution in [2.75, 3.05) is 0 Å². The molecular weight excluding hydrogens is 440 g/mol. The van der Waals surface area contributed by atoms with Crippen LogP contribution < -0.4 is 9.79 Å². The van der Waals surface area contributed by atoms with Crippen LogP contribution in [0, 0.1) is 0 Å². The summed E-state index contributed by atoms with van der Waals surface area (Å²) in [6, 6.07) is 14.4. The number of aromatic nitrogens is 2.